The second-order valence-corrected chi connectivity index (χ2v) is 7.57. The molecule has 30 heavy (non-hydrogen) atoms. The second kappa shape index (κ2) is 10.8. The van der Waals surface area contributed by atoms with E-state index in [0.29, 0.717) is 5.69 Å². The Morgan fingerprint density at radius 1 is 0.967 bits per heavy atom. The third-order valence-electron chi connectivity index (χ3n) is 3.70. The normalized spacial score (nSPS) is 11.0. The molecule has 0 unspecified atom stereocenters. The summed E-state index contributed by atoms with van der Waals surface area (Å²) in [5, 5.41) is 7.90. The zero-order valence-electron chi connectivity index (χ0n) is 17.4. The van der Waals surface area contributed by atoms with Crippen molar-refractivity contribution in [1.29, 1.82) is 0 Å². The average molecular weight is 409 g/mol. The van der Waals surface area contributed by atoms with Crippen LogP contribution in [0.3, 0.4) is 0 Å². The fourth-order valence-electron chi connectivity index (χ4n) is 2.41. The van der Waals surface area contributed by atoms with E-state index in [4.69, 9.17) is 4.74 Å². The number of carbonyl (C=O) groups excluding carboxylic acids is 3. The number of rotatable bonds is 7. The van der Waals surface area contributed by atoms with E-state index in [-0.39, 0.29) is 24.9 Å². The first kappa shape index (κ1) is 22.7. The number of alkyl carbamates (subject to hydrolysis) is 1. The fraction of sp³-hybridized carbons (Fsp3) is 0.261. The largest absolute Gasteiger partial charge is 0.444 e. The van der Waals surface area contributed by atoms with Gasteiger partial charge in [0.1, 0.15) is 12.1 Å². The third kappa shape index (κ3) is 9.05. The molecule has 3 amide bonds. The lowest BCUT2D eigenvalue weighted by molar-refractivity contribution is -0.120. The molecular formula is C23H27N3O4. The molecule has 0 bridgehead atoms. The third-order valence-corrected chi connectivity index (χ3v) is 3.70. The average Bonchev–Trinajstić information content (AvgIpc) is 2.69. The van der Waals surface area contributed by atoms with Crippen molar-refractivity contribution in [2.45, 2.75) is 32.9 Å². The monoisotopic (exact) mass is 409 g/mol. The zero-order chi connectivity index (χ0) is 22.0. The topological polar surface area (TPSA) is 96.5 Å². The molecule has 0 aromatic heterocycles. The predicted octanol–water partition coefficient (Wildman–Crippen LogP) is 3.48. The van der Waals surface area contributed by atoms with Gasteiger partial charge in [-0.15, -0.1) is 0 Å². The van der Waals surface area contributed by atoms with Gasteiger partial charge < -0.3 is 20.7 Å². The molecule has 7 heteroatoms. The van der Waals surface area contributed by atoms with Gasteiger partial charge in [-0.2, -0.15) is 0 Å². The maximum Gasteiger partial charge on any atom is 0.408 e. The molecule has 0 spiro atoms. The molecule has 3 N–H and O–H groups in total. The molecule has 2 aromatic rings. The van der Waals surface area contributed by atoms with Gasteiger partial charge in [-0.1, -0.05) is 42.5 Å². The van der Waals surface area contributed by atoms with Gasteiger partial charge >= 0.3 is 6.09 Å². The number of amides is 3. The second-order valence-electron chi connectivity index (χ2n) is 7.57. The summed E-state index contributed by atoms with van der Waals surface area (Å²) in [6.07, 6.45) is 2.55. The summed E-state index contributed by atoms with van der Waals surface area (Å²) in [6, 6.07) is 16.7. The predicted molar refractivity (Wildman–Crippen MR) is 117 cm³/mol. The Hall–Kier alpha value is -3.61. The zero-order valence-corrected chi connectivity index (χ0v) is 17.4. The molecule has 2 rings (SSSR count). The van der Waals surface area contributed by atoms with Crippen LogP contribution in [-0.2, 0) is 20.9 Å². The molecule has 0 fully saturated rings. The van der Waals surface area contributed by atoms with E-state index < -0.39 is 11.7 Å². The summed E-state index contributed by atoms with van der Waals surface area (Å²) in [7, 11) is 0. The Morgan fingerprint density at radius 3 is 2.40 bits per heavy atom. The highest BCUT2D eigenvalue weighted by Crippen LogP contribution is 2.11. The van der Waals surface area contributed by atoms with Gasteiger partial charge in [-0.3, -0.25) is 9.59 Å². The minimum atomic E-state index is -0.647. The Kier molecular flexibility index (Phi) is 8.17. The van der Waals surface area contributed by atoms with Gasteiger partial charge in [0.05, 0.1) is 0 Å². The quantitative estimate of drug-likeness (QED) is 0.610. The van der Waals surface area contributed by atoms with Crippen molar-refractivity contribution in [2.75, 3.05) is 11.9 Å². The van der Waals surface area contributed by atoms with Crippen molar-refractivity contribution >= 4 is 29.7 Å². The smallest absolute Gasteiger partial charge is 0.408 e. The van der Waals surface area contributed by atoms with Gasteiger partial charge in [0.15, 0.2) is 0 Å². The molecule has 158 valence electrons. The van der Waals surface area contributed by atoms with Crippen LogP contribution < -0.4 is 16.0 Å². The number of nitrogens with one attached hydrogen (secondary N) is 3. The van der Waals surface area contributed by atoms with Crippen LogP contribution in [0.25, 0.3) is 6.08 Å². The summed E-state index contributed by atoms with van der Waals surface area (Å²) in [5.74, 6) is -0.595. The van der Waals surface area contributed by atoms with Crippen molar-refractivity contribution in [2.24, 2.45) is 0 Å². The van der Waals surface area contributed by atoms with Crippen LogP contribution in [0.2, 0.25) is 0 Å². The summed E-state index contributed by atoms with van der Waals surface area (Å²) >= 11 is 0. The molecule has 0 saturated carbocycles. The summed E-state index contributed by atoms with van der Waals surface area (Å²) in [5.41, 5.74) is 1.74. The summed E-state index contributed by atoms with van der Waals surface area (Å²) in [6.45, 7) is 5.32. The number of hydrogen-bond acceptors (Lipinski definition) is 4. The Balaban J connectivity index is 1.79. The van der Waals surface area contributed by atoms with E-state index in [0.717, 1.165) is 11.1 Å². The maximum absolute atomic E-state index is 12.1. The van der Waals surface area contributed by atoms with Crippen molar-refractivity contribution in [1.82, 2.24) is 10.6 Å². The highest BCUT2D eigenvalue weighted by Gasteiger charge is 2.16. The van der Waals surface area contributed by atoms with Gasteiger partial charge in [-0.25, -0.2) is 4.79 Å². The molecular weight excluding hydrogens is 382 g/mol. The first-order chi connectivity index (χ1) is 14.2. The van der Waals surface area contributed by atoms with Crippen molar-refractivity contribution in [3.05, 3.63) is 71.8 Å². The molecule has 0 aliphatic heterocycles. The number of benzene rings is 2. The number of anilines is 1. The Morgan fingerprint density at radius 2 is 1.70 bits per heavy atom. The molecule has 0 radical (unpaired) electrons. The van der Waals surface area contributed by atoms with E-state index in [9.17, 15) is 14.4 Å². The molecule has 0 saturated heterocycles. The van der Waals surface area contributed by atoms with Crippen LogP contribution in [0.5, 0.6) is 0 Å². The van der Waals surface area contributed by atoms with Gasteiger partial charge in [-0.05, 0) is 50.1 Å². The molecule has 0 atom stereocenters. The maximum atomic E-state index is 12.1. The minimum absolute atomic E-state index is 0.185. The summed E-state index contributed by atoms with van der Waals surface area (Å²) in [4.78, 5) is 35.6. The van der Waals surface area contributed by atoms with E-state index >= 15 is 0 Å². The lowest BCUT2D eigenvalue weighted by Gasteiger charge is -2.19. The molecule has 2 aromatic carbocycles. The van der Waals surface area contributed by atoms with Gasteiger partial charge in [0.2, 0.25) is 11.8 Å². The first-order valence-corrected chi connectivity index (χ1v) is 9.58. The number of ether oxygens (including phenoxy) is 1. The standard InChI is InChI=1S/C23H27N3O4/c1-23(2,3)30-22(29)25-16-21(28)24-15-18-10-7-11-19(14-18)26-20(27)13-12-17-8-5-4-6-9-17/h4-14H,15-16H2,1-3H3,(H,24,28)(H,25,29)(H,26,27)/b13-12+. The van der Waals surface area contributed by atoms with Crippen LogP contribution in [0.4, 0.5) is 10.5 Å². The highest BCUT2D eigenvalue weighted by atomic mass is 16.6. The van der Waals surface area contributed by atoms with Crippen LogP contribution in [0, 0.1) is 0 Å². The number of hydrogen-bond donors (Lipinski definition) is 3. The van der Waals surface area contributed by atoms with Crippen molar-refractivity contribution in [3.8, 4) is 0 Å². The molecule has 0 aliphatic rings. The first-order valence-electron chi connectivity index (χ1n) is 9.58. The Bertz CT molecular complexity index is 902. The summed E-state index contributed by atoms with van der Waals surface area (Å²) < 4.78 is 5.08. The molecule has 7 nitrogen and oxygen atoms in total. The lowest BCUT2D eigenvalue weighted by Crippen LogP contribution is -2.39. The molecule has 0 aliphatic carbocycles. The van der Waals surface area contributed by atoms with E-state index in [1.54, 1.807) is 45.0 Å². The van der Waals surface area contributed by atoms with Gasteiger partial charge in [0, 0.05) is 18.3 Å². The van der Waals surface area contributed by atoms with Crippen LogP contribution in [0.15, 0.2) is 60.7 Å². The van der Waals surface area contributed by atoms with E-state index in [1.165, 1.54) is 6.08 Å². The number of carbonyl (C=O) groups is 3. The van der Waals surface area contributed by atoms with Crippen LogP contribution >= 0.6 is 0 Å². The minimum Gasteiger partial charge on any atom is -0.444 e. The lowest BCUT2D eigenvalue weighted by atomic mass is 10.2. The van der Waals surface area contributed by atoms with Crippen LogP contribution in [-0.4, -0.2) is 30.1 Å². The SMILES string of the molecule is CC(C)(C)OC(=O)NCC(=O)NCc1cccc(NC(=O)/C=C/c2ccccc2)c1. The molecule has 0 heterocycles. The van der Waals surface area contributed by atoms with Crippen molar-refractivity contribution in [3.63, 3.8) is 0 Å². The van der Waals surface area contributed by atoms with E-state index in [2.05, 4.69) is 16.0 Å². The highest BCUT2D eigenvalue weighted by molar-refractivity contribution is 6.01. The van der Waals surface area contributed by atoms with Crippen molar-refractivity contribution < 1.29 is 19.1 Å². The van der Waals surface area contributed by atoms with Crippen LogP contribution in [0.1, 0.15) is 31.9 Å². The van der Waals surface area contributed by atoms with Gasteiger partial charge in [0.25, 0.3) is 0 Å². The van der Waals surface area contributed by atoms with E-state index in [1.807, 2.05) is 36.4 Å². The fourth-order valence-corrected chi connectivity index (χ4v) is 2.41. The Labute approximate surface area is 176 Å².